The lowest BCUT2D eigenvalue weighted by Crippen LogP contribution is -2.49. The molecule has 1 aromatic heterocycles. The quantitative estimate of drug-likeness (QED) is 0.427. The van der Waals surface area contributed by atoms with Gasteiger partial charge in [-0.15, -0.1) is 0 Å². The van der Waals surface area contributed by atoms with Crippen LogP contribution in [0.2, 0.25) is 0 Å². The first kappa shape index (κ1) is 23.8. The summed E-state index contributed by atoms with van der Waals surface area (Å²) in [6.07, 6.45) is 1.73. The molecule has 4 N–H and O–H groups in total. The van der Waals surface area contributed by atoms with E-state index in [1.807, 2.05) is 13.8 Å². The number of piperazine rings is 1. The zero-order valence-electron chi connectivity index (χ0n) is 19.4. The van der Waals surface area contributed by atoms with Crippen LogP contribution in [0.3, 0.4) is 0 Å². The first-order valence-electron chi connectivity index (χ1n) is 11.7. The highest BCUT2D eigenvalue weighted by atomic mass is 19.4. The number of anilines is 1. The number of pyridine rings is 1. The molecule has 0 radical (unpaired) electrons. The third kappa shape index (κ3) is 5.09. The van der Waals surface area contributed by atoms with Gasteiger partial charge in [-0.3, -0.25) is 4.90 Å². The van der Waals surface area contributed by atoms with Crippen LogP contribution in [-0.4, -0.2) is 65.3 Å². The van der Waals surface area contributed by atoms with Crippen molar-refractivity contribution in [3.63, 3.8) is 0 Å². The van der Waals surface area contributed by atoms with E-state index in [0.717, 1.165) is 50.9 Å². The van der Waals surface area contributed by atoms with Gasteiger partial charge >= 0.3 is 6.18 Å². The number of halogens is 3. The van der Waals surface area contributed by atoms with Gasteiger partial charge in [0.15, 0.2) is 0 Å². The number of likely N-dealkylation sites (N-methyl/N-ethyl adjacent to an activating group) is 1. The lowest BCUT2D eigenvalue weighted by Gasteiger charge is -2.37. The van der Waals surface area contributed by atoms with Crippen LogP contribution in [0.25, 0.3) is 0 Å². The number of allylic oxidation sites excluding steroid dienone is 2. The molecular formula is C24H33F3N6. The van der Waals surface area contributed by atoms with Gasteiger partial charge in [-0.05, 0) is 44.9 Å². The predicted octanol–water partition coefficient (Wildman–Crippen LogP) is 3.51. The molecule has 2 fully saturated rings. The first-order valence-corrected chi connectivity index (χ1v) is 11.7. The van der Waals surface area contributed by atoms with E-state index >= 15 is 0 Å². The number of alkyl halides is 3. The number of aromatic nitrogens is 1. The Morgan fingerprint density at radius 1 is 1.30 bits per heavy atom. The van der Waals surface area contributed by atoms with Gasteiger partial charge in [0.2, 0.25) is 0 Å². The van der Waals surface area contributed by atoms with E-state index in [0.29, 0.717) is 12.0 Å². The third-order valence-corrected chi connectivity index (χ3v) is 6.91. The van der Waals surface area contributed by atoms with Crippen LogP contribution in [0, 0.1) is 17.2 Å². The molecule has 0 spiro atoms. The van der Waals surface area contributed by atoms with E-state index in [-0.39, 0.29) is 23.2 Å². The van der Waals surface area contributed by atoms with E-state index in [1.165, 1.54) is 11.8 Å². The molecule has 0 aromatic carbocycles. The highest BCUT2D eigenvalue weighted by Gasteiger charge is 2.52. The maximum absolute atomic E-state index is 13.2. The lowest BCUT2D eigenvalue weighted by molar-refractivity contribution is -0.137. The molecular weight excluding hydrogens is 429 g/mol. The Hall–Kier alpha value is -2.39. The fraction of sp³-hybridized carbons (Fsp3) is 0.583. The van der Waals surface area contributed by atoms with E-state index in [1.54, 1.807) is 6.08 Å². The average Bonchev–Trinajstić information content (AvgIpc) is 3.25. The molecule has 1 saturated carbocycles. The topological polar surface area (TPSA) is 81.3 Å². The van der Waals surface area contributed by atoms with Gasteiger partial charge in [-0.2, -0.15) is 13.2 Å². The number of nitrogens with zero attached hydrogens (tertiary/aromatic N) is 3. The minimum atomic E-state index is -4.61. The largest absolute Gasteiger partial charge is 0.419 e. The normalized spacial score (nSPS) is 26.3. The maximum Gasteiger partial charge on any atom is 0.419 e. The molecule has 6 nitrogen and oxygen atoms in total. The number of nitrogen functional groups attached to an aromatic ring is 1. The minimum absolute atomic E-state index is 0.00559. The van der Waals surface area contributed by atoms with Crippen LogP contribution < -0.4 is 11.1 Å². The summed E-state index contributed by atoms with van der Waals surface area (Å²) in [6.45, 7) is 11.7. The Morgan fingerprint density at radius 3 is 2.55 bits per heavy atom. The fourth-order valence-corrected chi connectivity index (χ4v) is 5.09. The summed E-state index contributed by atoms with van der Waals surface area (Å²) >= 11 is 0. The third-order valence-electron chi connectivity index (χ3n) is 6.91. The molecule has 0 bridgehead atoms. The fourth-order valence-electron chi connectivity index (χ4n) is 5.09. The van der Waals surface area contributed by atoms with Crippen LogP contribution >= 0.6 is 0 Å². The highest BCUT2D eigenvalue weighted by molar-refractivity contribution is 6.07. The second-order valence-electron chi connectivity index (χ2n) is 9.49. The van der Waals surface area contributed by atoms with Crippen molar-refractivity contribution in [2.75, 3.05) is 38.5 Å². The molecule has 1 unspecified atom stereocenters. The smallest absolute Gasteiger partial charge is 0.386 e. The molecule has 4 rings (SSSR count). The Labute approximate surface area is 193 Å². The van der Waals surface area contributed by atoms with Crippen molar-refractivity contribution in [2.45, 2.75) is 45.5 Å². The Bertz CT molecular complexity index is 959. The molecule has 1 saturated heterocycles. The summed E-state index contributed by atoms with van der Waals surface area (Å²) in [5.41, 5.74) is 6.78. The molecule has 1 aliphatic heterocycles. The molecule has 33 heavy (non-hydrogen) atoms. The van der Waals surface area contributed by atoms with Gasteiger partial charge in [-0.25, -0.2) is 4.98 Å². The van der Waals surface area contributed by atoms with Gasteiger partial charge in [0.1, 0.15) is 5.82 Å². The van der Waals surface area contributed by atoms with Crippen LogP contribution in [0.4, 0.5) is 19.0 Å². The Morgan fingerprint density at radius 2 is 2.00 bits per heavy atom. The summed E-state index contributed by atoms with van der Waals surface area (Å²) in [4.78, 5) is 8.70. The Balaban J connectivity index is 1.50. The van der Waals surface area contributed by atoms with Crippen LogP contribution in [-0.2, 0) is 6.18 Å². The number of hydrogen-bond acceptors (Lipinski definition) is 6. The number of nitrogens with two attached hydrogens (primary N) is 1. The summed E-state index contributed by atoms with van der Waals surface area (Å²) in [5, 5.41) is 11.9. The van der Waals surface area contributed by atoms with Gasteiger partial charge in [0.05, 0.1) is 11.3 Å². The number of fused-ring (bicyclic) bond motifs is 1. The summed E-state index contributed by atoms with van der Waals surface area (Å²) in [6, 6.07) is 1.53. The second kappa shape index (κ2) is 9.10. The number of nitrogens with one attached hydrogen (secondary N) is 2. The summed E-state index contributed by atoms with van der Waals surface area (Å²) in [5.74, 6) is 0.0841. The standard InChI is InChI=1S/C24H33F3N6/c1-4-32-5-7-33(8-6-32)16-10-17-18(11-16)22(17)21(31-14(2)3)12-20(28)15-9-19(24(25,26)27)23(29)30-13-15/h9-10,12-14,16,18,22,28,31H,4-8,11H2,1-3H3,(H2,29,30)/b21-12-,28-20?/t16?,18-,22-/m1/s1. The van der Waals surface area contributed by atoms with Crippen LogP contribution in [0.1, 0.15) is 38.3 Å². The maximum atomic E-state index is 13.2. The minimum Gasteiger partial charge on any atom is -0.386 e. The molecule has 3 aliphatic rings. The van der Waals surface area contributed by atoms with E-state index in [2.05, 4.69) is 33.1 Å². The molecule has 2 aliphatic carbocycles. The highest BCUT2D eigenvalue weighted by Crippen LogP contribution is 2.57. The summed E-state index contributed by atoms with van der Waals surface area (Å²) < 4.78 is 39.7. The van der Waals surface area contributed by atoms with Crippen LogP contribution in [0.5, 0.6) is 0 Å². The molecule has 180 valence electrons. The SMILES string of the molecule is CCN1CCN(C2C=C3[C@@H](C2)[C@@H]3/C(=C/C(=N)c2cnc(N)c(C(F)(F)F)c2)NC(C)C)CC1. The lowest BCUT2D eigenvalue weighted by atomic mass is 10.0. The van der Waals surface area contributed by atoms with E-state index < -0.39 is 17.6 Å². The Kier molecular flexibility index (Phi) is 6.55. The monoisotopic (exact) mass is 462 g/mol. The molecule has 0 amide bonds. The molecule has 1 aromatic rings. The van der Waals surface area contributed by atoms with Gasteiger partial charge in [0.25, 0.3) is 0 Å². The second-order valence-corrected chi connectivity index (χ2v) is 9.49. The van der Waals surface area contributed by atoms with Crippen molar-refractivity contribution >= 4 is 11.5 Å². The van der Waals surface area contributed by atoms with Crippen molar-refractivity contribution < 1.29 is 13.2 Å². The van der Waals surface area contributed by atoms with Crippen molar-refractivity contribution in [3.05, 3.63) is 46.8 Å². The summed E-state index contributed by atoms with van der Waals surface area (Å²) in [7, 11) is 0. The molecule has 3 atom stereocenters. The van der Waals surface area contributed by atoms with Crippen molar-refractivity contribution in [1.29, 1.82) is 5.41 Å². The predicted molar refractivity (Wildman–Crippen MR) is 124 cm³/mol. The average molecular weight is 463 g/mol. The van der Waals surface area contributed by atoms with Gasteiger partial charge < -0.3 is 21.4 Å². The van der Waals surface area contributed by atoms with E-state index in [9.17, 15) is 13.2 Å². The van der Waals surface area contributed by atoms with Gasteiger partial charge in [-0.1, -0.05) is 18.6 Å². The zero-order chi connectivity index (χ0) is 23.9. The number of rotatable bonds is 7. The van der Waals surface area contributed by atoms with Crippen molar-refractivity contribution in [2.24, 2.45) is 11.8 Å². The van der Waals surface area contributed by atoms with Crippen molar-refractivity contribution in [3.8, 4) is 0 Å². The van der Waals surface area contributed by atoms with E-state index in [4.69, 9.17) is 11.1 Å². The molecule has 9 heteroatoms. The molecule has 2 heterocycles. The number of hydrogen-bond donors (Lipinski definition) is 3. The zero-order valence-corrected chi connectivity index (χ0v) is 19.4. The van der Waals surface area contributed by atoms with Gasteiger partial charge in [0, 0.05) is 61.6 Å². The first-order chi connectivity index (χ1) is 15.6. The van der Waals surface area contributed by atoms with Crippen LogP contribution in [0.15, 0.2) is 35.7 Å². The van der Waals surface area contributed by atoms with Crippen molar-refractivity contribution in [1.82, 2.24) is 20.1 Å².